The molecule has 0 spiro atoms. The standard InChI is InChI=1S/C19H26N2O2/c1-6-10-15-13-21(17(23)14-11-8-7-9-12-14)18(19(2,3)4)20(5)16(15)22/h6-9,11-12,15,18H,1,10,13H2,2-5H3/t15-,18?/m1/s1. The average Bonchev–Trinajstić information content (AvgIpc) is 2.50. The quantitative estimate of drug-likeness (QED) is 0.804. The summed E-state index contributed by atoms with van der Waals surface area (Å²) in [6, 6.07) is 9.26. The molecule has 4 nitrogen and oxygen atoms in total. The molecule has 124 valence electrons. The third-order valence-electron chi connectivity index (χ3n) is 4.28. The number of nitrogens with zero attached hydrogens (tertiary/aromatic N) is 2. The van der Waals surface area contributed by atoms with Crippen LogP contribution in [0.5, 0.6) is 0 Å². The van der Waals surface area contributed by atoms with Crippen LogP contribution in [0.2, 0.25) is 0 Å². The highest BCUT2D eigenvalue weighted by Crippen LogP contribution is 2.33. The normalized spacial score (nSPS) is 22.2. The van der Waals surface area contributed by atoms with Gasteiger partial charge in [-0.25, -0.2) is 0 Å². The summed E-state index contributed by atoms with van der Waals surface area (Å²) in [4.78, 5) is 29.2. The number of allylic oxidation sites excluding steroid dienone is 1. The zero-order chi connectivity index (χ0) is 17.2. The molecule has 2 atom stereocenters. The molecule has 1 unspecified atom stereocenters. The molecule has 1 aliphatic heterocycles. The van der Waals surface area contributed by atoms with Crippen LogP contribution in [0.25, 0.3) is 0 Å². The number of rotatable bonds is 3. The Labute approximate surface area is 138 Å². The summed E-state index contributed by atoms with van der Waals surface area (Å²) in [7, 11) is 1.79. The molecule has 1 aromatic carbocycles. The van der Waals surface area contributed by atoms with Gasteiger partial charge < -0.3 is 9.80 Å². The molecule has 4 heteroatoms. The van der Waals surface area contributed by atoms with Gasteiger partial charge in [0.25, 0.3) is 5.91 Å². The van der Waals surface area contributed by atoms with Gasteiger partial charge in [0.2, 0.25) is 5.91 Å². The molecular weight excluding hydrogens is 288 g/mol. The van der Waals surface area contributed by atoms with Crippen LogP contribution in [-0.2, 0) is 4.79 Å². The minimum atomic E-state index is -0.260. The molecule has 1 aliphatic rings. The summed E-state index contributed by atoms with van der Waals surface area (Å²) in [5.74, 6) is -0.162. The predicted molar refractivity (Wildman–Crippen MR) is 91.8 cm³/mol. The van der Waals surface area contributed by atoms with Gasteiger partial charge >= 0.3 is 0 Å². The number of benzene rings is 1. The SMILES string of the molecule is C=CC[C@@H]1CN(C(=O)c2ccccc2)C(C(C)(C)C)N(C)C1=O. The third kappa shape index (κ3) is 3.46. The van der Waals surface area contributed by atoms with E-state index in [0.29, 0.717) is 18.5 Å². The molecule has 1 heterocycles. The van der Waals surface area contributed by atoms with Crippen LogP contribution in [0.4, 0.5) is 0 Å². The molecular formula is C19H26N2O2. The number of carbonyl (C=O) groups is 2. The lowest BCUT2D eigenvalue weighted by Gasteiger charge is -2.50. The van der Waals surface area contributed by atoms with Crippen molar-refractivity contribution in [1.82, 2.24) is 9.80 Å². The first-order valence-corrected chi connectivity index (χ1v) is 8.01. The van der Waals surface area contributed by atoms with Crippen LogP contribution >= 0.6 is 0 Å². The second-order valence-corrected chi connectivity index (χ2v) is 7.23. The molecule has 0 aromatic heterocycles. The van der Waals surface area contributed by atoms with Crippen molar-refractivity contribution in [3.8, 4) is 0 Å². The Balaban J connectivity index is 2.40. The molecule has 0 radical (unpaired) electrons. The van der Waals surface area contributed by atoms with Crippen molar-refractivity contribution in [3.05, 3.63) is 48.6 Å². The third-order valence-corrected chi connectivity index (χ3v) is 4.28. The lowest BCUT2D eigenvalue weighted by atomic mass is 9.85. The van der Waals surface area contributed by atoms with E-state index >= 15 is 0 Å². The fourth-order valence-electron chi connectivity index (χ4n) is 3.40. The molecule has 0 aliphatic carbocycles. The Morgan fingerprint density at radius 3 is 2.43 bits per heavy atom. The Morgan fingerprint density at radius 1 is 1.30 bits per heavy atom. The van der Waals surface area contributed by atoms with Gasteiger partial charge in [0.1, 0.15) is 6.17 Å². The van der Waals surface area contributed by atoms with E-state index in [4.69, 9.17) is 0 Å². The number of hydrogen-bond acceptors (Lipinski definition) is 2. The molecule has 1 saturated heterocycles. The smallest absolute Gasteiger partial charge is 0.255 e. The van der Waals surface area contributed by atoms with E-state index < -0.39 is 0 Å². The van der Waals surface area contributed by atoms with Crippen LogP contribution in [0.15, 0.2) is 43.0 Å². The maximum Gasteiger partial charge on any atom is 0.255 e. The maximum atomic E-state index is 13.0. The lowest BCUT2D eigenvalue weighted by Crippen LogP contribution is -2.64. The Kier molecular flexibility index (Phi) is 4.93. The van der Waals surface area contributed by atoms with Gasteiger partial charge in [0, 0.05) is 24.6 Å². The van der Waals surface area contributed by atoms with Gasteiger partial charge in [-0.05, 0) is 18.6 Å². The molecule has 0 saturated carbocycles. The van der Waals surface area contributed by atoms with Crippen molar-refractivity contribution >= 4 is 11.8 Å². The zero-order valence-electron chi connectivity index (χ0n) is 14.5. The van der Waals surface area contributed by atoms with Gasteiger partial charge in [0.05, 0.1) is 5.92 Å². The minimum absolute atomic E-state index is 0.0288. The van der Waals surface area contributed by atoms with Crippen molar-refractivity contribution in [2.45, 2.75) is 33.4 Å². The molecule has 0 N–H and O–H groups in total. The molecule has 23 heavy (non-hydrogen) atoms. The topological polar surface area (TPSA) is 40.6 Å². The van der Waals surface area contributed by atoms with Crippen LogP contribution in [0.1, 0.15) is 37.6 Å². The lowest BCUT2D eigenvalue weighted by molar-refractivity contribution is -0.152. The van der Waals surface area contributed by atoms with Gasteiger partial charge in [-0.3, -0.25) is 9.59 Å². The number of amides is 2. The molecule has 1 aromatic rings. The van der Waals surface area contributed by atoms with Crippen molar-refractivity contribution in [3.63, 3.8) is 0 Å². The maximum absolute atomic E-state index is 13.0. The Morgan fingerprint density at radius 2 is 1.91 bits per heavy atom. The number of carbonyl (C=O) groups excluding carboxylic acids is 2. The van der Waals surface area contributed by atoms with Gasteiger partial charge in [-0.15, -0.1) is 6.58 Å². The van der Waals surface area contributed by atoms with Crippen molar-refractivity contribution in [1.29, 1.82) is 0 Å². The highest BCUT2D eigenvalue weighted by molar-refractivity contribution is 5.95. The fourth-order valence-corrected chi connectivity index (χ4v) is 3.40. The molecule has 1 fully saturated rings. The summed E-state index contributed by atoms with van der Waals surface area (Å²) in [6.07, 6.45) is 2.07. The van der Waals surface area contributed by atoms with E-state index in [-0.39, 0.29) is 29.3 Å². The zero-order valence-corrected chi connectivity index (χ0v) is 14.5. The monoisotopic (exact) mass is 314 g/mol. The van der Waals surface area contributed by atoms with E-state index in [1.165, 1.54) is 0 Å². The van der Waals surface area contributed by atoms with Crippen molar-refractivity contribution in [2.75, 3.05) is 13.6 Å². The molecule has 2 rings (SSSR count). The summed E-state index contributed by atoms with van der Waals surface area (Å²) < 4.78 is 0. The molecule has 2 amide bonds. The Bertz CT molecular complexity index is 589. The van der Waals surface area contributed by atoms with E-state index in [2.05, 4.69) is 27.4 Å². The van der Waals surface area contributed by atoms with Crippen LogP contribution < -0.4 is 0 Å². The summed E-state index contributed by atoms with van der Waals surface area (Å²) in [5.41, 5.74) is 0.426. The average molecular weight is 314 g/mol. The second kappa shape index (κ2) is 6.57. The highest BCUT2D eigenvalue weighted by atomic mass is 16.2. The van der Waals surface area contributed by atoms with E-state index in [1.807, 2.05) is 35.2 Å². The number of hydrogen-bond donors (Lipinski definition) is 0. The summed E-state index contributed by atoms with van der Waals surface area (Å²) in [5, 5.41) is 0. The first-order valence-electron chi connectivity index (χ1n) is 8.01. The van der Waals surface area contributed by atoms with E-state index in [9.17, 15) is 9.59 Å². The first-order chi connectivity index (χ1) is 10.8. The second-order valence-electron chi connectivity index (χ2n) is 7.23. The largest absolute Gasteiger partial charge is 0.324 e. The van der Waals surface area contributed by atoms with Crippen LogP contribution in [0, 0.1) is 11.3 Å². The highest BCUT2D eigenvalue weighted by Gasteiger charge is 2.45. The predicted octanol–water partition coefficient (Wildman–Crippen LogP) is 3.17. The summed E-state index contributed by atoms with van der Waals surface area (Å²) in [6.45, 7) is 10.3. The molecule has 0 bridgehead atoms. The fraction of sp³-hybridized carbons (Fsp3) is 0.474. The van der Waals surface area contributed by atoms with Crippen molar-refractivity contribution < 1.29 is 9.59 Å². The van der Waals surface area contributed by atoms with Gasteiger partial charge in [-0.2, -0.15) is 0 Å². The van der Waals surface area contributed by atoms with Crippen LogP contribution in [-0.4, -0.2) is 41.4 Å². The van der Waals surface area contributed by atoms with Gasteiger partial charge in [-0.1, -0.05) is 45.0 Å². The summed E-state index contributed by atoms with van der Waals surface area (Å²) >= 11 is 0. The minimum Gasteiger partial charge on any atom is -0.324 e. The van der Waals surface area contributed by atoms with Gasteiger partial charge in [0.15, 0.2) is 0 Å². The van der Waals surface area contributed by atoms with Crippen LogP contribution in [0.3, 0.4) is 0 Å². The van der Waals surface area contributed by atoms with Crippen molar-refractivity contribution in [2.24, 2.45) is 11.3 Å². The van der Waals surface area contributed by atoms with E-state index in [0.717, 1.165) is 0 Å². The Hall–Kier alpha value is -2.10. The van der Waals surface area contributed by atoms with E-state index in [1.54, 1.807) is 18.0 Å². The first kappa shape index (κ1) is 17.3.